The van der Waals surface area contributed by atoms with Gasteiger partial charge < -0.3 is 10.6 Å². The van der Waals surface area contributed by atoms with E-state index in [9.17, 15) is 14.9 Å². The first-order chi connectivity index (χ1) is 20.1. The maximum absolute atomic E-state index is 13.9. The molecule has 2 atom stereocenters. The number of carbonyl (C=O) groups excluding carboxylic acids is 2. The van der Waals surface area contributed by atoms with Gasteiger partial charge in [0.15, 0.2) is 0 Å². The van der Waals surface area contributed by atoms with Gasteiger partial charge in [0.1, 0.15) is 16.3 Å². The number of thioether (sulfide) groups is 1. The van der Waals surface area contributed by atoms with Gasteiger partial charge in [0.2, 0.25) is 5.91 Å². The third-order valence-electron chi connectivity index (χ3n) is 7.84. The van der Waals surface area contributed by atoms with Crippen molar-refractivity contribution in [3.63, 3.8) is 0 Å². The molecule has 1 aromatic heterocycles. The number of fused-ring (bicyclic) bond motifs is 1. The number of nitrogens with one attached hydrogen (secondary N) is 2. The molecule has 214 valence electrons. The summed E-state index contributed by atoms with van der Waals surface area (Å²) in [6.45, 7) is 8.80. The van der Waals surface area contributed by atoms with E-state index in [1.165, 1.54) is 16.6 Å². The number of anilines is 2. The van der Waals surface area contributed by atoms with E-state index >= 15 is 0 Å². The van der Waals surface area contributed by atoms with Crippen LogP contribution >= 0.6 is 23.1 Å². The van der Waals surface area contributed by atoms with Crippen LogP contribution in [-0.4, -0.2) is 11.8 Å². The zero-order valence-corrected chi connectivity index (χ0v) is 26.0. The van der Waals surface area contributed by atoms with Crippen molar-refractivity contribution in [1.82, 2.24) is 0 Å². The lowest BCUT2D eigenvalue weighted by Crippen LogP contribution is -2.26. The summed E-state index contributed by atoms with van der Waals surface area (Å²) in [7, 11) is 0. The molecular weight excluding hydrogens is 559 g/mol. The molecule has 0 saturated heterocycles. The molecule has 7 heteroatoms. The molecule has 0 radical (unpaired) electrons. The number of rotatable bonds is 7. The highest BCUT2D eigenvalue weighted by molar-refractivity contribution is 8.00. The Labute approximate surface area is 256 Å². The molecule has 0 bridgehead atoms. The Bertz CT molecular complexity index is 1630. The van der Waals surface area contributed by atoms with Gasteiger partial charge in [0, 0.05) is 21.0 Å². The second-order valence-corrected chi connectivity index (χ2v) is 14.2. The molecule has 3 aromatic carbocycles. The molecule has 0 aliphatic heterocycles. The highest BCUT2D eigenvalue weighted by Gasteiger charge is 2.33. The number of aryl methyl sites for hydroxylation is 1. The predicted octanol–water partition coefficient (Wildman–Crippen LogP) is 8.80. The lowest BCUT2D eigenvalue weighted by molar-refractivity contribution is -0.115. The number of amides is 2. The molecule has 5 nitrogen and oxygen atoms in total. The summed E-state index contributed by atoms with van der Waals surface area (Å²) in [4.78, 5) is 28.8. The van der Waals surface area contributed by atoms with Crippen LogP contribution < -0.4 is 10.6 Å². The normalized spacial score (nSPS) is 15.3. The topological polar surface area (TPSA) is 82.0 Å². The average Bonchev–Trinajstić information content (AvgIpc) is 3.32. The second-order valence-electron chi connectivity index (χ2n) is 11.9. The molecule has 0 saturated carbocycles. The number of thiophene rings is 1. The summed E-state index contributed by atoms with van der Waals surface area (Å²) >= 11 is 2.97. The molecule has 0 fully saturated rings. The van der Waals surface area contributed by atoms with Crippen LogP contribution in [0.4, 0.5) is 10.7 Å². The van der Waals surface area contributed by atoms with Gasteiger partial charge in [-0.25, -0.2) is 0 Å². The van der Waals surface area contributed by atoms with Crippen LogP contribution in [-0.2, 0) is 17.6 Å². The monoisotopic (exact) mass is 593 g/mol. The van der Waals surface area contributed by atoms with Crippen molar-refractivity contribution in [3.8, 4) is 6.07 Å². The Kier molecular flexibility index (Phi) is 8.86. The standard InChI is InChI=1S/C35H35N3O2S2/c1-22-13-15-24(16-14-22)32(39)37-26-11-8-12-27(20-26)41-31(23-9-6-5-7-10-23)33(40)38-34-29(21-36)28-18-17-25(35(2,3)4)19-30(28)42-34/h5-16,20,25,31H,17-19H2,1-4H3,(H,37,39)(H,38,40). The summed E-state index contributed by atoms with van der Waals surface area (Å²) in [6, 6.07) is 27.0. The number of nitrogens with zero attached hydrogens (tertiary/aromatic N) is 1. The van der Waals surface area contributed by atoms with Gasteiger partial charge in [0.05, 0.1) is 5.56 Å². The fraction of sp³-hybridized carbons (Fsp3) is 0.286. The van der Waals surface area contributed by atoms with Gasteiger partial charge in [-0.05, 0) is 79.0 Å². The van der Waals surface area contributed by atoms with Crippen LogP contribution in [0.3, 0.4) is 0 Å². The fourth-order valence-electron chi connectivity index (χ4n) is 5.30. The highest BCUT2D eigenvalue weighted by Crippen LogP contribution is 2.45. The van der Waals surface area contributed by atoms with Crippen LogP contribution in [0.15, 0.2) is 83.8 Å². The van der Waals surface area contributed by atoms with Gasteiger partial charge in [-0.1, -0.05) is 74.9 Å². The number of carbonyl (C=O) groups is 2. The van der Waals surface area contributed by atoms with Crippen LogP contribution in [0.5, 0.6) is 0 Å². The quantitative estimate of drug-likeness (QED) is 0.210. The molecule has 1 aliphatic rings. The SMILES string of the molecule is Cc1ccc(C(=O)Nc2cccc(SC(C(=O)Nc3sc4c(c3C#N)CCC(C(C)(C)C)C4)c3ccccc3)c2)cc1. The third-order valence-corrected chi connectivity index (χ3v) is 10.3. The van der Waals surface area contributed by atoms with Gasteiger partial charge in [0.25, 0.3) is 5.91 Å². The van der Waals surface area contributed by atoms with Crippen LogP contribution in [0.1, 0.15) is 69.9 Å². The maximum atomic E-state index is 13.9. The van der Waals surface area contributed by atoms with Crippen LogP contribution in [0, 0.1) is 29.6 Å². The zero-order chi connectivity index (χ0) is 29.9. The van der Waals surface area contributed by atoms with Crippen molar-refractivity contribution in [1.29, 1.82) is 5.26 Å². The van der Waals surface area contributed by atoms with Gasteiger partial charge in [-0.15, -0.1) is 23.1 Å². The van der Waals surface area contributed by atoms with E-state index < -0.39 is 5.25 Å². The lowest BCUT2D eigenvalue weighted by Gasteiger charge is -2.33. The van der Waals surface area contributed by atoms with E-state index in [0.29, 0.717) is 27.7 Å². The van der Waals surface area contributed by atoms with Crippen molar-refractivity contribution in [2.75, 3.05) is 10.6 Å². The average molecular weight is 594 g/mol. The van der Waals surface area contributed by atoms with Crippen molar-refractivity contribution in [2.24, 2.45) is 11.3 Å². The summed E-state index contributed by atoms with van der Waals surface area (Å²) in [5, 5.41) is 16.2. The molecule has 5 rings (SSSR count). The molecule has 2 N–H and O–H groups in total. The molecule has 0 spiro atoms. The van der Waals surface area contributed by atoms with Crippen molar-refractivity contribution in [3.05, 3.63) is 112 Å². The van der Waals surface area contributed by atoms with E-state index in [4.69, 9.17) is 0 Å². The second kappa shape index (κ2) is 12.6. The Morgan fingerprint density at radius 2 is 1.74 bits per heavy atom. The smallest absolute Gasteiger partial charge is 0.255 e. The first-order valence-corrected chi connectivity index (χ1v) is 15.9. The molecular formula is C35H35N3O2S2. The summed E-state index contributed by atoms with van der Waals surface area (Å²) in [5.41, 5.74) is 5.09. The number of nitriles is 1. The van der Waals surface area contributed by atoms with Crippen molar-refractivity contribution >= 4 is 45.6 Å². The van der Waals surface area contributed by atoms with Gasteiger partial charge in [-0.2, -0.15) is 5.26 Å². The lowest BCUT2D eigenvalue weighted by atomic mass is 9.72. The molecule has 1 aliphatic carbocycles. The Hall–Kier alpha value is -3.86. The van der Waals surface area contributed by atoms with Crippen LogP contribution in [0.2, 0.25) is 0 Å². The minimum absolute atomic E-state index is 0.178. The Morgan fingerprint density at radius 1 is 1.00 bits per heavy atom. The van der Waals surface area contributed by atoms with Gasteiger partial charge >= 0.3 is 0 Å². The van der Waals surface area contributed by atoms with Gasteiger partial charge in [-0.3, -0.25) is 9.59 Å². The predicted molar refractivity (Wildman–Crippen MR) is 173 cm³/mol. The van der Waals surface area contributed by atoms with E-state index in [-0.39, 0.29) is 17.2 Å². The Morgan fingerprint density at radius 3 is 2.43 bits per heavy atom. The van der Waals surface area contributed by atoms with E-state index in [1.54, 1.807) is 23.5 Å². The summed E-state index contributed by atoms with van der Waals surface area (Å²) < 4.78 is 0. The van der Waals surface area contributed by atoms with E-state index in [2.05, 4.69) is 37.5 Å². The van der Waals surface area contributed by atoms with Crippen molar-refractivity contribution in [2.45, 2.75) is 57.1 Å². The van der Waals surface area contributed by atoms with E-state index in [0.717, 1.165) is 40.8 Å². The molecule has 2 unspecified atom stereocenters. The van der Waals surface area contributed by atoms with Crippen LogP contribution in [0.25, 0.3) is 0 Å². The first kappa shape index (κ1) is 29.6. The fourth-order valence-corrected chi connectivity index (χ4v) is 7.67. The maximum Gasteiger partial charge on any atom is 0.255 e. The molecule has 42 heavy (non-hydrogen) atoms. The molecule has 1 heterocycles. The largest absolute Gasteiger partial charge is 0.322 e. The number of hydrogen-bond acceptors (Lipinski definition) is 5. The summed E-state index contributed by atoms with van der Waals surface area (Å²) in [5.74, 6) is 0.182. The molecule has 2 amide bonds. The first-order valence-electron chi connectivity index (χ1n) is 14.2. The number of hydrogen-bond donors (Lipinski definition) is 2. The summed E-state index contributed by atoms with van der Waals surface area (Å²) in [6.07, 6.45) is 2.85. The third kappa shape index (κ3) is 6.78. The van der Waals surface area contributed by atoms with E-state index in [1.807, 2.05) is 73.7 Å². The highest BCUT2D eigenvalue weighted by atomic mass is 32.2. The molecule has 4 aromatic rings. The Balaban J connectivity index is 1.37. The minimum atomic E-state index is -0.553. The zero-order valence-electron chi connectivity index (χ0n) is 24.4. The van der Waals surface area contributed by atoms with Crippen molar-refractivity contribution < 1.29 is 9.59 Å². The minimum Gasteiger partial charge on any atom is -0.322 e. The number of benzene rings is 3.